The second kappa shape index (κ2) is 7.58. The number of carbonyl (C=O) groups is 1. The normalized spacial score (nSPS) is 15.4. The van der Waals surface area contributed by atoms with Crippen molar-refractivity contribution in [3.05, 3.63) is 80.2 Å². The maximum atomic E-state index is 13.0. The van der Waals surface area contributed by atoms with Gasteiger partial charge in [0.05, 0.1) is 9.83 Å². The van der Waals surface area contributed by atoms with Crippen LogP contribution in [0, 0.1) is 30.9 Å². The van der Waals surface area contributed by atoms with Crippen molar-refractivity contribution in [3.63, 3.8) is 0 Å². The van der Waals surface area contributed by atoms with Crippen molar-refractivity contribution in [1.82, 2.24) is 4.68 Å². The second-order valence-corrected chi connectivity index (χ2v) is 8.56. The molecule has 7 nitrogen and oxygen atoms in total. The number of rotatable bonds is 4. The zero-order valence-corrected chi connectivity index (χ0v) is 18.0. The molecule has 3 aromatic rings. The fraction of sp³-hybridized carbons (Fsp3) is 0.143. The highest BCUT2D eigenvalue weighted by atomic mass is 32.2. The van der Waals surface area contributed by atoms with E-state index in [1.807, 2.05) is 26.0 Å². The number of carbonyl (C=O) groups excluding carboxylic acids is 1. The van der Waals surface area contributed by atoms with Crippen LogP contribution in [-0.2, 0) is 4.79 Å². The maximum absolute atomic E-state index is 13.0. The lowest BCUT2D eigenvalue weighted by Gasteiger charge is -2.20. The van der Waals surface area contributed by atoms with E-state index in [1.165, 1.54) is 22.8 Å². The largest absolute Gasteiger partial charge is 0.457 e. The first-order chi connectivity index (χ1) is 14.3. The van der Waals surface area contributed by atoms with Crippen LogP contribution in [0.4, 0.5) is 5.69 Å². The lowest BCUT2D eigenvalue weighted by molar-refractivity contribution is -0.385. The minimum atomic E-state index is -0.417. The van der Waals surface area contributed by atoms with Crippen LogP contribution >= 0.6 is 24.0 Å². The summed E-state index contributed by atoms with van der Waals surface area (Å²) in [6.45, 7) is 5.51. The van der Waals surface area contributed by atoms with Crippen molar-refractivity contribution >= 4 is 46.0 Å². The number of aryl methyl sites for hydroxylation is 3. The summed E-state index contributed by atoms with van der Waals surface area (Å²) in [6.07, 6.45) is 1.64. The third-order valence-corrected chi connectivity index (χ3v) is 6.08. The average molecular weight is 440 g/mol. The molecule has 0 radical (unpaired) electrons. The molecule has 1 saturated heterocycles. The minimum Gasteiger partial charge on any atom is -0.457 e. The molecule has 0 saturated carbocycles. The highest BCUT2D eigenvalue weighted by Gasteiger charge is 2.35. The second-order valence-electron chi connectivity index (χ2n) is 6.88. The Morgan fingerprint density at radius 2 is 1.80 bits per heavy atom. The number of aromatic nitrogens is 1. The Kier molecular flexibility index (Phi) is 5.08. The molecule has 0 spiro atoms. The summed E-state index contributed by atoms with van der Waals surface area (Å²) in [4.78, 5) is 24.2. The zero-order valence-electron chi connectivity index (χ0n) is 16.4. The Bertz CT molecular complexity index is 1220. The molecule has 0 bridgehead atoms. The van der Waals surface area contributed by atoms with E-state index in [-0.39, 0.29) is 11.6 Å². The lowest BCUT2D eigenvalue weighted by atomic mass is 10.1. The molecule has 152 valence electrons. The van der Waals surface area contributed by atoms with Gasteiger partial charge in [0.1, 0.15) is 11.5 Å². The number of thiocarbonyl (C=S) groups is 1. The van der Waals surface area contributed by atoms with Gasteiger partial charge in [0.2, 0.25) is 0 Å². The summed E-state index contributed by atoms with van der Waals surface area (Å²) in [5.74, 6) is 0.725. The number of nitro groups is 1. The summed E-state index contributed by atoms with van der Waals surface area (Å²) in [5, 5.41) is 12.7. The van der Waals surface area contributed by atoms with E-state index < -0.39 is 4.92 Å². The number of amides is 1. The molecule has 1 fully saturated rings. The van der Waals surface area contributed by atoms with E-state index in [0.29, 0.717) is 31.9 Å². The van der Waals surface area contributed by atoms with Crippen LogP contribution in [0.15, 0.2) is 51.8 Å². The van der Waals surface area contributed by atoms with Gasteiger partial charge in [0.25, 0.3) is 11.6 Å². The molecule has 0 unspecified atom stereocenters. The highest BCUT2D eigenvalue weighted by molar-refractivity contribution is 8.27. The third kappa shape index (κ3) is 3.46. The van der Waals surface area contributed by atoms with E-state index in [2.05, 4.69) is 0 Å². The average Bonchev–Trinajstić information content (AvgIpc) is 3.36. The van der Waals surface area contributed by atoms with E-state index >= 15 is 0 Å². The van der Waals surface area contributed by atoms with Crippen molar-refractivity contribution in [3.8, 4) is 11.3 Å². The Hall–Kier alpha value is -3.17. The predicted molar refractivity (Wildman–Crippen MR) is 121 cm³/mol. The molecule has 1 amide bonds. The quantitative estimate of drug-likeness (QED) is 0.243. The summed E-state index contributed by atoms with van der Waals surface area (Å²) in [6, 6.07) is 12.2. The minimum absolute atomic E-state index is 0.0313. The molecule has 0 atom stereocenters. The third-order valence-electron chi connectivity index (χ3n) is 4.80. The van der Waals surface area contributed by atoms with Gasteiger partial charge in [-0.25, -0.2) is 0 Å². The van der Waals surface area contributed by atoms with Gasteiger partial charge in [0.15, 0.2) is 4.32 Å². The molecule has 30 heavy (non-hydrogen) atoms. The first-order valence-electron chi connectivity index (χ1n) is 9.04. The van der Waals surface area contributed by atoms with Crippen LogP contribution in [0.3, 0.4) is 0 Å². The number of nitrogens with zero attached hydrogens (tertiary/aromatic N) is 3. The van der Waals surface area contributed by atoms with Gasteiger partial charge in [0, 0.05) is 34.7 Å². The fourth-order valence-corrected chi connectivity index (χ4v) is 4.50. The maximum Gasteiger partial charge on any atom is 0.285 e. The number of nitro benzene ring substituents is 1. The standard InChI is InChI=1S/C21H17N3O4S2/c1-12-4-7-15(10-17(12)24(26)27)18-9-8-16(28-18)11-19-20(25)23(21(29)30-19)22-13(2)5-6-14(22)3/h4-11H,1-3H3/b19-11+. The Morgan fingerprint density at radius 1 is 1.10 bits per heavy atom. The number of hydrogen-bond donors (Lipinski definition) is 0. The molecule has 0 N–H and O–H groups in total. The monoisotopic (exact) mass is 439 g/mol. The fourth-order valence-electron chi connectivity index (χ4n) is 3.28. The van der Waals surface area contributed by atoms with E-state index in [9.17, 15) is 14.9 Å². The van der Waals surface area contributed by atoms with E-state index in [1.54, 1.807) is 41.9 Å². The number of thioether (sulfide) groups is 1. The van der Waals surface area contributed by atoms with Crippen LogP contribution < -0.4 is 5.01 Å². The Morgan fingerprint density at radius 3 is 2.47 bits per heavy atom. The van der Waals surface area contributed by atoms with Crippen molar-refractivity contribution < 1.29 is 14.1 Å². The van der Waals surface area contributed by atoms with Crippen molar-refractivity contribution in [2.45, 2.75) is 20.8 Å². The van der Waals surface area contributed by atoms with Gasteiger partial charge in [-0.2, -0.15) is 5.01 Å². The number of hydrogen-bond acceptors (Lipinski definition) is 6. The summed E-state index contributed by atoms with van der Waals surface area (Å²) in [7, 11) is 0. The number of benzene rings is 1. The number of furan rings is 1. The molecule has 0 aliphatic carbocycles. The molecular weight excluding hydrogens is 422 g/mol. The summed E-state index contributed by atoms with van der Waals surface area (Å²) in [5.41, 5.74) is 3.02. The molecule has 3 heterocycles. The summed E-state index contributed by atoms with van der Waals surface area (Å²) >= 11 is 6.63. The molecule has 1 aliphatic rings. The van der Waals surface area contributed by atoms with Gasteiger partial charge in [-0.05, 0) is 57.3 Å². The van der Waals surface area contributed by atoms with Crippen molar-refractivity contribution in [2.75, 3.05) is 5.01 Å². The van der Waals surface area contributed by atoms with E-state index in [0.717, 1.165) is 11.4 Å². The Labute approximate surface area is 182 Å². The van der Waals surface area contributed by atoms with Gasteiger partial charge in [-0.3, -0.25) is 19.6 Å². The zero-order chi connectivity index (χ0) is 21.6. The predicted octanol–water partition coefficient (Wildman–Crippen LogP) is 5.12. The van der Waals surface area contributed by atoms with Crippen LogP contribution in [-0.4, -0.2) is 19.8 Å². The molecule has 9 heteroatoms. The smallest absolute Gasteiger partial charge is 0.285 e. The molecule has 2 aromatic heterocycles. The van der Waals surface area contributed by atoms with Crippen LogP contribution in [0.5, 0.6) is 0 Å². The van der Waals surface area contributed by atoms with Crippen LogP contribution in [0.25, 0.3) is 17.4 Å². The topological polar surface area (TPSA) is 81.5 Å². The summed E-state index contributed by atoms with van der Waals surface area (Å²) < 4.78 is 8.06. The van der Waals surface area contributed by atoms with Gasteiger partial charge in [-0.1, -0.05) is 23.9 Å². The van der Waals surface area contributed by atoms with Gasteiger partial charge >= 0.3 is 0 Å². The van der Waals surface area contributed by atoms with Gasteiger partial charge < -0.3 is 4.42 Å². The lowest BCUT2D eigenvalue weighted by Crippen LogP contribution is -2.39. The first-order valence-corrected chi connectivity index (χ1v) is 10.3. The van der Waals surface area contributed by atoms with Crippen molar-refractivity contribution in [1.29, 1.82) is 0 Å². The van der Waals surface area contributed by atoms with Crippen LogP contribution in [0.2, 0.25) is 0 Å². The van der Waals surface area contributed by atoms with Gasteiger partial charge in [-0.15, -0.1) is 0 Å². The van der Waals surface area contributed by atoms with Crippen LogP contribution in [0.1, 0.15) is 22.7 Å². The van der Waals surface area contributed by atoms with E-state index in [4.69, 9.17) is 16.6 Å². The Balaban J connectivity index is 1.64. The first kappa shape index (κ1) is 20.1. The molecular formula is C21H17N3O4S2. The SMILES string of the molecule is Cc1ccc(-c2ccc(/C=C3/SC(=S)N(n4c(C)ccc4C)C3=O)o2)cc1[N+](=O)[O-]. The molecule has 1 aromatic carbocycles. The highest BCUT2D eigenvalue weighted by Crippen LogP contribution is 2.34. The van der Waals surface area contributed by atoms with Crippen molar-refractivity contribution in [2.24, 2.45) is 0 Å². The molecule has 1 aliphatic heterocycles. The molecule has 4 rings (SSSR count).